The highest BCUT2D eigenvalue weighted by molar-refractivity contribution is 6.31. The van der Waals surface area contributed by atoms with Crippen LogP contribution in [0, 0.1) is 0 Å². The average Bonchev–Trinajstić information content (AvgIpc) is 3.04. The predicted molar refractivity (Wildman–Crippen MR) is 90.3 cm³/mol. The first-order valence-electron chi connectivity index (χ1n) is 8.25. The van der Waals surface area contributed by atoms with Crippen LogP contribution in [0.5, 0.6) is 0 Å². The molecule has 3 nitrogen and oxygen atoms in total. The Labute approximate surface area is 133 Å². The number of hydrogen-bond donors (Lipinski definition) is 1. The van der Waals surface area contributed by atoms with Crippen molar-refractivity contribution in [1.82, 2.24) is 4.90 Å². The summed E-state index contributed by atoms with van der Waals surface area (Å²) < 4.78 is 0. The molecule has 1 saturated heterocycles. The Bertz CT molecular complexity index is 463. The minimum absolute atomic E-state index is 0.652. The second-order valence-electron chi connectivity index (χ2n) is 6.28. The van der Waals surface area contributed by atoms with Gasteiger partial charge in [0, 0.05) is 42.9 Å². The molecule has 116 valence electrons. The third kappa shape index (κ3) is 3.53. The minimum Gasteiger partial charge on any atom is -0.369 e. The van der Waals surface area contributed by atoms with Crippen LogP contribution in [0.4, 0.5) is 5.69 Å². The van der Waals surface area contributed by atoms with Crippen LogP contribution in [0.15, 0.2) is 18.2 Å². The molecule has 4 heteroatoms. The van der Waals surface area contributed by atoms with Crippen molar-refractivity contribution in [3.8, 4) is 0 Å². The molecule has 0 aromatic heterocycles. The fraction of sp³-hybridized carbons (Fsp3) is 0.647. The number of halogens is 1. The van der Waals surface area contributed by atoms with E-state index in [-0.39, 0.29) is 0 Å². The van der Waals surface area contributed by atoms with Crippen molar-refractivity contribution in [2.45, 2.75) is 38.1 Å². The first-order valence-corrected chi connectivity index (χ1v) is 8.63. The molecule has 1 aromatic rings. The molecule has 21 heavy (non-hydrogen) atoms. The van der Waals surface area contributed by atoms with E-state index < -0.39 is 0 Å². The highest BCUT2D eigenvalue weighted by Crippen LogP contribution is 2.27. The maximum absolute atomic E-state index is 6.37. The molecule has 1 aliphatic heterocycles. The van der Waals surface area contributed by atoms with Gasteiger partial charge in [0.15, 0.2) is 0 Å². The summed E-state index contributed by atoms with van der Waals surface area (Å²) >= 11 is 6.37. The molecule has 0 amide bonds. The Kier molecular flexibility index (Phi) is 5.04. The van der Waals surface area contributed by atoms with Gasteiger partial charge in [-0.2, -0.15) is 0 Å². The zero-order valence-corrected chi connectivity index (χ0v) is 13.5. The summed E-state index contributed by atoms with van der Waals surface area (Å²) in [7, 11) is 0. The van der Waals surface area contributed by atoms with Crippen molar-refractivity contribution in [2.24, 2.45) is 5.73 Å². The maximum Gasteiger partial charge on any atom is 0.0459 e. The Balaban J connectivity index is 1.59. The molecule has 3 rings (SSSR count). The molecular weight excluding hydrogens is 282 g/mol. The number of nitrogens with two attached hydrogens (primary N) is 1. The molecule has 0 atom stereocenters. The van der Waals surface area contributed by atoms with Crippen LogP contribution in [0.2, 0.25) is 5.02 Å². The van der Waals surface area contributed by atoms with Gasteiger partial charge in [-0.15, -0.1) is 0 Å². The summed E-state index contributed by atoms with van der Waals surface area (Å²) in [5.41, 5.74) is 8.03. The third-order valence-electron chi connectivity index (χ3n) is 4.97. The standard InChI is InChI=1S/C17H26ClN3/c18-17-13-16(6-5-14(17)7-8-19)21-11-9-20(10-12-21)15-3-1-2-4-15/h5-6,13,15H,1-4,7-12,19H2. The number of hydrogen-bond acceptors (Lipinski definition) is 3. The van der Waals surface area contributed by atoms with Gasteiger partial charge in [0.1, 0.15) is 0 Å². The van der Waals surface area contributed by atoms with E-state index in [2.05, 4.69) is 28.0 Å². The van der Waals surface area contributed by atoms with E-state index in [1.54, 1.807) is 0 Å². The number of benzene rings is 1. The number of nitrogens with zero attached hydrogens (tertiary/aromatic N) is 2. The van der Waals surface area contributed by atoms with Crippen LogP contribution in [-0.2, 0) is 6.42 Å². The number of anilines is 1. The molecule has 1 saturated carbocycles. The molecule has 0 bridgehead atoms. The van der Waals surface area contributed by atoms with Crippen molar-refractivity contribution >= 4 is 17.3 Å². The SMILES string of the molecule is NCCc1ccc(N2CCN(C3CCCC3)CC2)cc1Cl. The molecule has 0 radical (unpaired) electrons. The van der Waals surface area contributed by atoms with E-state index in [9.17, 15) is 0 Å². The third-order valence-corrected chi connectivity index (χ3v) is 5.32. The van der Waals surface area contributed by atoms with Crippen LogP contribution in [0.1, 0.15) is 31.2 Å². The summed E-state index contributed by atoms with van der Waals surface area (Å²) in [5.74, 6) is 0. The van der Waals surface area contributed by atoms with Gasteiger partial charge in [0.25, 0.3) is 0 Å². The molecule has 2 fully saturated rings. The van der Waals surface area contributed by atoms with Crippen LogP contribution in [0.3, 0.4) is 0 Å². The van der Waals surface area contributed by atoms with Gasteiger partial charge in [-0.3, -0.25) is 4.90 Å². The molecule has 0 spiro atoms. The van der Waals surface area contributed by atoms with Crippen LogP contribution >= 0.6 is 11.6 Å². The fourth-order valence-electron chi connectivity index (χ4n) is 3.71. The van der Waals surface area contributed by atoms with Crippen LogP contribution in [0.25, 0.3) is 0 Å². The van der Waals surface area contributed by atoms with E-state index in [1.165, 1.54) is 44.5 Å². The summed E-state index contributed by atoms with van der Waals surface area (Å²) in [4.78, 5) is 5.15. The highest BCUT2D eigenvalue weighted by atomic mass is 35.5. The summed E-state index contributed by atoms with van der Waals surface area (Å²) in [6.07, 6.45) is 6.50. The average molecular weight is 308 g/mol. The van der Waals surface area contributed by atoms with E-state index in [1.807, 2.05) is 0 Å². The van der Waals surface area contributed by atoms with Crippen molar-refractivity contribution in [1.29, 1.82) is 0 Å². The maximum atomic E-state index is 6.37. The van der Waals surface area contributed by atoms with Crippen molar-refractivity contribution in [2.75, 3.05) is 37.6 Å². The number of piperazine rings is 1. The monoisotopic (exact) mass is 307 g/mol. The lowest BCUT2D eigenvalue weighted by atomic mass is 10.1. The highest BCUT2D eigenvalue weighted by Gasteiger charge is 2.26. The largest absolute Gasteiger partial charge is 0.369 e. The lowest BCUT2D eigenvalue weighted by molar-refractivity contribution is 0.187. The quantitative estimate of drug-likeness (QED) is 0.928. The van der Waals surface area contributed by atoms with Gasteiger partial charge in [-0.05, 0) is 43.5 Å². The van der Waals surface area contributed by atoms with E-state index >= 15 is 0 Å². The molecule has 1 aromatic carbocycles. The second kappa shape index (κ2) is 6.99. The molecule has 0 unspecified atom stereocenters. The number of rotatable bonds is 4. The molecule has 2 N–H and O–H groups in total. The van der Waals surface area contributed by atoms with Crippen molar-refractivity contribution in [3.05, 3.63) is 28.8 Å². The Hall–Kier alpha value is -0.770. The Morgan fingerprint density at radius 2 is 1.81 bits per heavy atom. The lowest BCUT2D eigenvalue weighted by Crippen LogP contribution is -2.49. The van der Waals surface area contributed by atoms with Crippen molar-refractivity contribution in [3.63, 3.8) is 0 Å². The second-order valence-corrected chi connectivity index (χ2v) is 6.68. The van der Waals surface area contributed by atoms with Gasteiger partial charge >= 0.3 is 0 Å². The van der Waals surface area contributed by atoms with Gasteiger partial charge in [-0.25, -0.2) is 0 Å². The van der Waals surface area contributed by atoms with E-state index in [4.69, 9.17) is 17.3 Å². The fourth-order valence-corrected chi connectivity index (χ4v) is 3.98. The smallest absolute Gasteiger partial charge is 0.0459 e. The van der Waals surface area contributed by atoms with Gasteiger partial charge in [0.05, 0.1) is 0 Å². The molecule has 2 aliphatic rings. The van der Waals surface area contributed by atoms with Crippen LogP contribution < -0.4 is 10.6 Å². The molecule has 1 heterocycles. The topological polar surface area (TPSA) is 32.5 Å². The van der Waals surface area contributed by atoms with Gasteiger partial charge < -0.3 is 10.6 Å². The zero-order valence-electron chi connectivity index (χ0n) is 12.7. The minimum atomic E-state index is 0.652. The normalized spacial score (nSPS) is 21.1. The molecule has 1 aliphatic carbocycles. The first kappa shape index (κ1) is 15.1. The van der Waals surface area contributed by atoms with Gasteiger partial charge in [0.2, 0.25) is 0 Å². The van der Waals surface area contributed by atoms with Crippen LogP contribution in [-0.4, -0.2) is 43.7 Å². The lowest BCUT2D eigenvalue weighted by Gasteiger charge is -2.39. The summed E-state index contributed by atoms with van der Waals surface area (Å²) in [6, 6.07) is 7.29. The van der Waals surface area contributed by atoms with E-state index in [0.29, 0.717) is 6.54 Å². The summed E-state index contributed by atoms with van der Waals surface area (Å²) in [6.45, 7) is 5.25. The Morgan fingerprint density at radius 3 is 2.43 bits per heavy atom. The zero-order chi connectivity index (χ0) is 14.7. The molecular formula is C17H26ClN3. The van der Waals surface area contributed by atoms with Crippen molar-refractivity contribution < 1.29 is 0 Å². The van der Waals surface area contributed by atoms with E-state index in [0.717, 1.165) is 36.1 Å². The Morgan fingerprint density at radius 1 is 1.10 bits per heavy atom. The first-order chi connectivity index (χ1) is 10.3. The summed E-state index contributed by atoms with van der Waals surface area (Å²) in [5, 5.41) is 0.858. The van der Waals surface area contributed by atoms with Gasteiger partial charge in [-0.1, -0.05) is 30.5 Å². The predicted octanol–water partition coefficient (Wildman–Crippen LogP) is 2.91.